The van der Waals surface area contributed by atoms with Gasteiger partial charge in [0.1, 0.15) is 11.6 Å². The summed E-state index contributed by atoms with van der Waals surface area (Å²) < 4.78 is 31.7. The fourth-order valence-corrected chi connectivity index (χ4v) is 1.86. The molecular formula is C16H18F2N2O. The molecule has 2 rings (SSSR count). The molecule has 0 aliphatic rings. The van der Waals surface area contributed by atoms with E-state index in [4.69, 9.17) is 4.74 Å². The van der Waals surface area contributed by atoms with E-state index >= 15 is 0 Å². The Balaban J connectivity index is 2.05. The second-order valence-corrected chi connectivity index (χ2v) is 4.77. The third-order valence-corrected chi connectivity index (χ3v) is 3.03. The molecule has 112 valence electrons. The first-order valence-corrected chi connectivity index (χ1v) is 6.92. The second kappa shape index (κ2) is 7.13. The van der Waals surface area contributed by atoms with E-state index < -0.39 is 11.6 Å². The van der Waals surface area contributed by atoms with Crippen LogP contribution in [0.4, 0.5) is 8.78 Å². The SMILES string of the molecule is CCCNC(C)c1ccc(Oc2ccc(F)cc2F)cn1. The van der Waals surface area contributed by atoms with E-state index in [9.17, 15) is 8.78 Å². The average Bonchev–Trinajstić information content (AvgIpc) is 2.48. The highest BCUT2D eigenvalue weighted by atomic mass is 19.1. The van der Waals surface area contributed by atoms with Crippen LogP contribution in [-0.2, 0) is 0 Å². The van der Waals surface area contributed by atoms with Crippen molar-refractivity contribution in [2.24, 2.45) is 0 Å². The molecular weight excluding hydrogens is 274 g/mol. The first kappa shape index (κ1) is 15.4. The van der Waals surface area contributed by atoms with Gasteiger partial charge in [0.25, 0.3) is 0 Å². The molecule has 0 aliphatic heterocycles. The second-order valence-electron chi connectivity index (χ2n) is 4.77. The van der Waals surface area contributed by atoms with Crippen molar-refractivity contribution >= 4 is 0 Å². The molecule has 1 heterocycles. The van der Waals surface area contributed by atoms with Crippen LogP contribution >= 0.6 is 0 Å². The monoisotopic (exact) mass is 292 g/mol. The number of hydrogen-bond acceptors (Lipinski definition) is 3. The molecule has 0 saturated carbocycles. The third-order valence-electron chi connectivity index (χ3n) is 3.03. The van der Waals surface area contributed by atoms with Crippen LogP contribution in [0.15, 0.2) is 36.5 Å². The summed E-state index contributed by atoms with van der Waals surface area (Å²) in [5.74, 6) is -0.990. The van der Waals surface area contributed by atoms with Crippen molar-refractivity contribution in [2.75, 3.05) is 6.54 Å². The molecule has 0 aliphatic carbocycles. The van der Waals surface area contributed by atoms with Crippen molar-refractivity contribution in [1.82, 2.24) is 10.3 Å². The Hall–Kier alpha value is -2.01. The van der Waals surface area contributed by atoms with Crippen molar-refractivity contribution in [3.8, 4) is 11.5 Å². The van der Waals surface area contributed by atoms with E-state index in [2.05, 4.69) is 17.2 Å². The van der Waals surface area contributed by atoms with E-state index in [-0.39, 0.29) is 11.8 Å². The molecule has 1 atom stereocenters. The standard InChI is InChI=1S/C16H18F2N2O/c1-3-8-19-11(2)15-6-5-13(10-20-15)21-16-7-4-12(17)9-14(16)18/h4-7,9-11,19H,3,8H2,1-2H3. The predicted octanol–water partition coefficient (Wildman–Crippen LogP) is 4.21. The van der Waals surface area contributed by atoms with Crippen LogP contribution in [-0.4, -0.2) is 11.5 Å². The van der Waals surface area contributed by atoms with Crippen LogP contribution in [0, 0.1) is 11.6 Å². The Morgan fingerprint density at radius 2 is 2.05 bits per heavy atom. The molecule has 1 N–H and O–H groups in total. The van der Waals surface area contributed by atoms with E-state index in [1.54, 1.807) is 6.07 Å². The lowest BCUT2D eigenvalue weighted by molar-refractivity contribution is 0.435. The highest BCUT2D eigenvalue weighted by molar-refractivity contribution is 5.31. The minimum Gasteiger partial charge on any atom is -0.453 e. The highest BCUT2D eigenvalue weighted by Gasteiger charge is 2.08. The van der Waals surface area contributed by atoms with Crippen LogP contribution in [0.5, 0.6) is 11.5 Å². The number of nitrogens with one attached hydrogen (secondary N) is 1. The van der Waals surface area contributed by atoms with Gasteiger partial charge in [0, 0.05) is 12.1 Å². The number of benzene rings is 1. The van der Waals surface area contributed by atoms with Gasteiger partial charge in [0.2, 0.25) is 0 Å². The topological polar surface area (TPSA) is 34.1 Å². The van der Waals surface area contributed by atoms with E-state index in [1.807, 2.05) is 13.0 Å². The maximum atomic E-state index is 13.5. The Labute approximate surface area is 123 Å². The van der Waals surface area contributed by atoms with Gasteiger partial charge in [-0.25, -0.2) is 8.78 Å². The van der Waals surface area contributed by atoms with E-state index in [0.717, 1.165) is 30.8 Å². The normalized spacial score (nSPS) is 12.2. The van der Waals surface area contributed by atoms with E-state index in [0.29, 0.717) is 5.75 Å². The lowest BCUT2D eigenvalue weighted by Crippen LogP contribution is -2.20. The Kier molecular flexibility index (Phi) is 5.22. The molecule has 0 bridgehead atoms. The zero-order valence-electron chi connectivity index (χ0n) is 12.1. The van der Waals surface area contributed by atoms with Gasteiger partial charge in [0.15, 0.2) is 11.6 Å². The van der Waals surface area contributed by atoms with Gasteiger partial charge in [0.05, 0.1) is 11.9 Å². The molecule has 2 aromatic rings. The number of hydrogen-bond donors (Lipinski definition) is 1. The fourth-order valence-electron chi connectivity index (χ4n) is 1.86. The van der Waals surface area contributed by atoms with Gasteiger partial charge in [-0.2, -0.15) is 0 Å². The molecule has 3 nitrogen and oxygen atoms in total. The summed E-state index contributed by atoms with van der Waals surface area (Å²) in [5, 5.41) is 3.33. The molecule has 0 fully saturated rings. The number of aromatic nitrogens is 1. The van der Waals surface area contributed by atoms with Gasteiger partial charge in [-0.05, 0) is 44.2 Å². The molecule has 0 saturated heterocycles. The third kappa shape index (κ3) is 4.23. The Morgan fingerprint density at radius 1 is 1.24 bits per heavy atom. The van der Waals surface area contributed by atoms with Gasteiger partial charge >= 0.3 is 0 Å². The van der Waals surface area contributed by atoms with Crippen LogP contribution in [0.3, 0.4) is 0 Å². The zero-order chi connectivity index (χ0) is 15.2. The maximum absolute atomic E-state index is 13.5. The Bertz CT molecular complexity index is 587. The van der Waals surface area contributed by atoms with E-state index in [1.165, 1.54) is 12.3 Å². The minimum absolute atomic E-state index is 0.0249. The molecule has 1 aromatic heterocycles. The minimum atomic E-state index is -0.739. The predicted molar refractivity (Wildman–Crippen MR) is 77.4 cm³/mol. The summed E-state index contributed by atoms with van der Waals surface area (Å²) in [6.45, 7) is 5.04. The van der Waals surface area contributed by atoms with Crippen molar-refractivity contribution < 1.29 is 13.5 Å². The summed E-state index contributed by atoms with van der Waals surface area (Å²) in [4.78, 5) is 4.29. The van der Waals surface area contributed by atoms with Crippen molar-refractivity contribution in [1.29, 1.82) is 0 Å². The smallest absolute Gasteiger partial charge is 0.168 e. The average molecular weight is 292 g/mol. The first-order valence-electron chi connectivity index (χ1n) is 6.92. The quantitative estimate of drug-likeness (QED) is 0.866. The van der Waals surface area contributed by atoms with Crippen LogP contribution in [0.25, 0.3) is 0 Å². The molecule has 0 spiro atoms. The zero-order valence-corrected chi connectivity index (χ0v) is 12.1. The van der Waals surface area contributed by atoms with Crippen molar-refractivity contribution in [3.63, 3.8) is 0 Å². The molecule has 21 heavy (non-hydrogen) atoms. The lowest BCUT2D eigenvalue weighted by Gasteiger charge is -2.13. The van der Waals surface area contributed by atoms with Crippen molar-refractivity contribution in [2.45, 2.75) is 26.3 Å². The van der Waals surface area contributed by atoms with Gasteiger partial charge in [-0.15, -0.1) is 0 Å². The van der Waals surface area contributed by atoms with Gasteiger partial charge in [-0.3, -0.25) is 4.98 Å². The van der Waals surface area contributed by atoms with Crippen molar-refractivity contribution in [3.05, 3.63) is 53.9 Å². The number of rotatable bonds is 6. The van der Waals surface area contributed by atoms with Gasteiger partial charge in [-0.1, -0.05) is 6.92 Å². The van der Waals surface area contributed by atoms with Gasteiger partial charge < -0.3 is 10.1 Å². The number of halogens is 2. The van der Waals surface area contributed by atoms with Crippen LogP contribution in [0.1, 0.15) is 32.0 Å². The fraction of sp³-hybridized carbons (Fsp3) is 0.312. The molecule has 1 aromatic carbocycles. The molecule has 1 unspecified atom stereocenters. The van der Waals surface area contributed by atoms with Crippen LogP contribution in [0.2, 0.25) is 0 Å². The Morgan fingerprint density at radius 3 is 2.67 bits per heavy atom. The summed E-state index contributed by atoms with van der Waals surface area (Å²) in [5.41, 5.74) is 0.885. The summed E-state index contributed by atoms with van der Waals surface area (Å²) in [6.07, 6.45) is 2.58. The number of ether oxygens (including phenoxy) is 1. The number of nitrogens with zero attached hydrogens (tertiary/aromatic N) is 1. The largest absolute Gasteiger partial charge is 0.453 e. The number of pyridine rings is 1. The molecule has 0 radical (unpaired) electrons. The summed E-state index contributed by atoms with van der Waals surface area (Å²) in [6, 6.07) is 6.87. The van der Waals surface area contributed by atoms with Crippen LogP contribution < -0.4 is 10.1 Å². The summed E-state index contributed by atoms with van der Waals surface area (Å²) >= 11 is 0. The summed E-state index contributed by atoms with van der Waals surface area (Å²) in [7, 11) is 0. The lowest BCUT2D eigenvalue weighted by atomic mass is 10.2. The first-order chi connectivity index (χ1) is 10.1. The highest BCUT2D eigenvalue weighted by Crippen LogP contribution is 2.25. The maximum Gasteiger partial charge on any atom is 0.168 e. The molecule has 0 amide bonds. The molecule has 5 heteroatoms.